The fourth-order valence-corrected chi connectivity index (χ4v) is 3.20. The second-order valence-electron chi connectivity index (χ2n) is 6.92. The fraction of sp³-hybridized carbons (Fsp3) is 0.0800. The Morgan fingerprint density at radius 1 is 0.875 bits per heavy atom. The third-order valence-corrected chi connectivity index (χ3v) is 4.90. The number of aromatic nitrogens is 2. The number of ether oxygens (including phenoxy) is 2. The summed E-state index contributed by atoms with van der Waals surface area (Å²) in [4.78, 5) is 12.4. The molecule has 0 radical (unpaired) electrons. The zero-order valence-electron chi connectivity index (χ0n) is 17.7. The van der Waals surface area contributed by atoms with Crippen LogP contribution in [-0.4, -0.2) is 36.5 Å². The van der Waals surface area contributed by atoms with Crippen molar-refractivity contribution in [1.29, 1.82) is 0 Å². The number of rotatable bonds is 7. The fourth-order valence-electron chi connectivity index (χ4n) is 3.20. The maximum Gasteiger partial charge on any atom is 0.289 e. The van der Waals surface area contributed by atoms with Crippen molar-refractivity contribution < 1.29 is 14.3 Å². The Bertz CT molecular complexity index is 1230. The van der Waals surface area contributed by atoms with E-state index in [-0.39, 0.29) is 5.91 Å². The molecule has 0 aliphatic carbocycles. The molecule has 0 aliphatic heterocycles. The van der Waals surface area contributed by atoms with Crippen LogP contribution in [0.25, 0.3) is 22.4 Å². The number of hydrogen-bond acceptors (Lipinski definition) is 5. The summed E-state index contributed by atoms with van der Waals surface area (Å²) in [6, 6.07) is 25.1. The van der Waals surface area contributed by atoms with Gasteiger partial charge < -0.3 is 9.47 Å². The normalized spacial score (nSPS) is 10.8. The molecule has 0 atom stereocenters. The van der Waals surface area contributed by atoms with Crippen LogP contribution >= 0.6 is 0 Å². The Labute approximate surface area is 185 Å². The van der Waals surface area contributed by atoms with Crippen LogP contribution in [0.15, 0.2) is 84.0 Å². The predicted molar refractivity (Wildman–Crippen MR) is 124 cm³/mol. The van der Waals surface area contributed by atoms with Crippen LogP contribution < -0.4 is 14.9 Å². The lowest BCUT2D eigenvalue weighted by molar-refractivity contribution is 0.0950. The Hall–Kier alpha value is -4.39. The van der Waals surface area contributed by atoms with Crippen molar-refractivity contribution in [3.05, 3.63) is 90.1 Å². The van der Waals surface area contributed by atoms with Gasteiger partial charge in [0.25, 0.3) is 5.91 Å². The van der Waals surface area contributed by atoms with Gasteiger partial charge in [0.1, 0.15) is 5.69 Å². The Balaban J connectivity index is 1.40. The van der Waals surface area contributed by atoms with Gasteiger partial charge in [0.05, 0.1) is 26.1 Å². The van der Waals surface area contributed by atoms with Crippen molar-refractivity contribution in [2.75, 3.05) is 14.2 Å². The molecule has 0 aliphatic rings. The van der Waals surface area contributed by atoms with E-state index in [1.807, 2.05) is 48.5 Å². The van der Waals surface area contributed by atoms with Crippen molar-refractivity contribution in [1.82, 2.24) is 15.6 Å². The van der Waals surface area contributed by atoms with Crippen LogP contribution in [0.3, 0.4) is 0 Å². The molecule has 0 spiro atoms. The van der Waals surface area contributed by atoms with E-state index in [0.29, 0.717) is 22.9 Å². The van der Waals surface area contributed by atoms with Gasteiger partial charge in [0.2, 0.25) is 0 Å². The highest BCUT2D eigenvalue weighted by Gasteiger charge is 2.12. The van der Waals surface area contributed by atoms with E-state index in [0.717, 1.165) is 22.3 Å². The van der Waals surface area contributed by atoms with Crippen LogP contribution in [-0.2, 0) is 0 Å². The molecule has 2 N–H and O–H groups in total. The van der Waals surface area contributed by atoms with Gasteiger partial charge in [-0.05, 0) is 41.0 Å². The molecular weight excluding hydrogens is 404 g/mol. The van der Waals surface area contributed by atoms with E-state index in [4.69, 9.17) is 9.47 Å². The van der Waals surface area contributed by atoms with E-state index in [1.165, 1.54) is 0 Å². The minimum absolute atomic E-state index is 0.298. The highest BCUT2D eigenvalue weighted by Crippen LogP contribution is 2.31. The molecule has 0 fully saturated rings. The number of H-pyrrole nitrogens is 1. The minimum Gasteiger partial charge on any atom is -0.493 e. The molecular formula is C25H22N4O3. The summed E-state index contributed by atoms with van der Waals surface area (Å²) in [6.45, 7) is 0. The third kappa shape index (κ3) is 4.67. The standard InChI is InChI=1S/C25H22N4O3/c1-31-23-13-12-20(14-24(23)32-2)21-15-22(28-27-21)25(30)29-26-16-17-8-10-19(11-9-17)18-6-4-3-5-7-18/h3-16H,1-2H3,(H,27,28)(H,29,30). The molecule has 3 aromatic carbocycles. The average Bonchev–Trinajstić information content (AvgIpc) is 3.35. The number of nitrogens with zero attached hydrogens (tertiary/aromatic N) is 2. The Kier molecular flexibility index (Phi) is 6.27. The smallest absolute Gasteiger partial charge is 0.289 e. The van der Waals surface area contributed by atoms with Crippen LogP contribution in [0.1, 0.15) is 16.1 Å². The SMILES string of the molecule is COc1ccc(-c2cc(C(=O)NN=Cc3ccc(-c4ccccc4)cc3)[nH]n2)cc1OC. The molecule has 1 aromatic heterocycles. The lowest BCUT2D eigenvalue weighted by Crippen LogP contribution is -2.17. The van der Waals surface area contributed by atoms with Crippen molar-refractivity contribution in [2.24, 2.45) is 5.10 Å². The van der Waals surface area contributed by atoms with Crippen molar-refractivity contribution in [3.63, 3.8) is 0 Å². The largest absolute Gasteiger partial charge is 0.493 e. The lowest BCUT2D eigenvalue weighted by Gasteiger charge is -2.08. The summed E-state index contributed by atoms with van der Waals surface area (Å²) in [7, 11) is 3.14. The Morgan fingerprint density at radius 2 is 1.56 bits per heavy atom. The molecule has 0 bridgehead atoms. The highest BCUT2D eigenvalue weighted by atomic mass is 16.5. The third-order valence-electron chi connectivity index (χ3n) is 4.90. The topological polar surface area (TPSA) is 88.6 Å². The second-order valence-corrected chi connectivity index (χ2v) is 6.92. The van der Waals surface area contributed by atoms with Crippen molar-refractivity contribution >= 4 is 12.1 Å². The number of hydrogen-bond donors (Lipinski definition) is 2. The molecule has 0 saturated carbocycles. The van der Waals surface area contributed by atoms with E-state index < -0.39 is 0 Å². The molecule has 1 heterocycles. The number of hydrazone groups is 1. The van der Waals surface area contributed by atoms with Crippen molar-refractivity contribution in [3.8, 4) is 33.9 Å². The predicted octanol–water partition coefficient (Wildman–Crippen LogP) is 4.52. The average molecular weight is 426 g/mol. The minimum atomic E-state index is -0.388. The summed E-state index contributed by atoms with van der Waals surface area (Å²) >= 11 is 0. The number of benzene rings is 3. The number of nitrogens with one attached hydrogen (secondary N) is 2. The van der Waals surface area contributed by atoms with Crippen LogP contribution in [0.4, 0.5) is 0 Å². The lowest BCUT2D eigenvalue weighted by atomic mass is 10.0. The van der Waals surface area contributed by atoms with E-state index in [9.17, 15) is 4.79 Å². The first-order valence-electron chi connectivity index (χ1n) is 9.94. The van der Waals surface area contributed by atoms with Gasteiger partial charge in [-0.1, -0.05) is 54.6 Å². The molecule has 1 amide bonds. The summed E-state index contributed by atoms with van der Waals surface area (Å²) < 4.78 is 10.6. The van der Waals surface area contributed by atoms with Gasteiger partial charge in [0, 0.05) is 5.56 Å². The monoisotopic (exact) mass is 426 g/mol. The molecule has 4 rings (SSSR count). The molecule has 7 nitrogen and oxygen atoms in total. The molecule has 7 heteroatoms. The number of carbonyl (C=O) groups excluding carboxylic acids is 1. The Morgan fingerprint density at radius 3 is 2.28 bits per heavy atom. The van der Waals surface area contributed by atoms with Gasteiger partial charge in [-0.25, -0.2) is 5.43 Å². The summed E-state index contributed by atoms with van der Waals surface area (Å²) in [5.41, 5.74) is 7.35. The highest BCUT2D eigenvalue weighted by molar-refractivity contribution is 5.94. The zero-order valence-corrected chi connectivity index (χ0v) is 17.7. The first kappa shape index (κ1) is 20.9. The van der Waals surface area contributed by atoms with Gasteiger partial charge >= 0.3 is 0 Å². The molecule has 0 saturated heterocycles. The molecule has 4 aromatic rings. The summed E-state index contributed by atoms with van der Waals surface area (Å²) in [5.74, 6) is 0.819. The zero-order chi connectivity index (χ0) is 22.3. The van der Waals surface area contributed by atoms with Gasteiger partial charge in [-0.2, -0.15) is 10.2 Å². The quantitative estimate of drug-likeness (QED) is 0.336. The van der Waals surface area contributed by atoms with E-state index >= 15 is 0 Å². The summed E-state index contributed by atoms with van der Waals surface area (Å²) in [6.07, 6.45) is 1.60. The summed E-state index contributed by atoms with van der Waals surface area (Å²) in [5, 5.41) is 11.0. The number of aromatic amines is 1. The van der Waals surface area contributed by atoms with Crippen molar-refractivity contribution in [2.45, 2.75) is 0 Å². The van der Waals surface area contributed by atoms with Crippen LogP contribution in [0, 0.1) is 0 Å². The first-order valence-corrected chi connectivity index (χ1v) is 9.94. The number of amides is 1. The van der Waals surface area contributed by atoms with E-state index in [1.54, 1.807) is 38.6 Å². The van der Waals surface area contributed by atoms with Crippen LogP contribution in [0.5, 0.6) is 11.5 Å². The van der Waals surface area contributed by atoms with E-state index in [2.05, 4.69) is 32.9 Å². The number of carbonyl (C=O) groups is 1. The second kappa shape index (κ2) is 9.61. The number of methoxy groups -OCH3 is 2. The van der Waals surface area contributed by atoms with Gasteiger partial charge in [0.15, 0.2) is 11.5 Å². The van der Waals surface area contributed by atoms with Gasteiger partial charge in [-0.3, -0.25) is 9.89 Å². The van der Waals surface area contributed by atoms with Gasteiger partial charge in [-0.15, -0.1) is 0 Å². The molecule has 32 heavy (non-hydrogen) atoms. The maximum absolute atomic E-state index is 12.4. The first-order chi connectivity index (χ1) is 15.7. The maximum atomic E-state index is 12.4. The van der Waals surface area contributed by atoms with Crippen LogP contribution in [0.2, 0.25) is 0 Å². The molecule has 160 valence electrons. The molecule has 0 unspecified atom stereocenters.